The molecule has 0 radical (unpaired) electrons. The summed E-state index contributed by atoms with van der Waals surface area (Å²) < 4.78 is 10.9. The van der Waals surface area contributed by atoms with Gasteiger partial charge < -0.3 is 10.6 Å². The van der Waals surface area contributed by atoms with Gasteiger partial charge >= 0.3 is 0 Å². The van der Waals surface area contributed by atoms with Gasteiger partial charge in [-0.15, -0.1) is 0 Å². The summed E-state index contributed by atoms with van der Waals surface area (Å²) in [6.45, 7) is 3.85. The zero-order valence-electron chi connectivity index (χ0n) is 10.1. The smallest absolute Gasteiger partial charge is 0.223 e. The van der Waals surface area contributed by atoms with E-state index in [1.807, 2.05) is 6.92 Å². The largest absolute Gasteiger partial charge is 0.353 e. The predicted octanol–water partition coefficient (Wildman–Crippen LogP) is 0.259. The van der Waals surface area contributed by atoms with Gasteiger partial charge in [-0.1, -0.05) is 0 Å². The number of hydrogen-bond donors (Lipinski definition) is 2. The summed E-state index contributed by atoms with van der Waals surface area (Å²) in [4.78, 5) is 11.8. The van der Waals surface area contributed by atoms with Crippen molar-refractivity contribution in [1.82, 2.24) is 10.6 Å². The van der Waals surface area contributed by atoms with Gasteiger partial charge in [-0.05, 0) is 39.3 Å². The predicted molar refractivity (Wildman–Crippen MR) is 66.7 cm³/mol. The Labute approximate surface area is 100 Å². The molecule has 4 nitrogen and oxygen atoms in total. The Hall–Kier alpha value is -0.420. The second kappa shape index (κ2) is 7.01. The van der Waals surface area contributed by atoms with Gasteiger partial charge in [-0.3, -0.25) is 9.00 Å². The van der Waals surface area contributed by atoms with Crippen LogP contribution in [0.3, 0.4) is 0 Å². The molecule has 1 rings (SSSR count). The lowest BCUT2D eigenvalue weighted by atomic mass is 9.97. The van der Waals surface area contributed by atoms with E-state index in [1.54, 1.807) is 6.26 Å². The molecule has 1 aliphatic heterocycles. The van der Waals surface area contributed by atoms with E-state index in [9.17, 15) is 9.00 Å². The van der Waals surface area contributed by atoms with Crippen LogP contribution in [0.15, 0.2) is 0 Å². The highest BCUT2D eigenvalue weighted by molar-refractivity contribution is 7.84. The summed E-state index contributed by atoms with van der Waals surface area (Å²) in [5.41, 5.74) is 0. The van der Waals surface area contributed by atoms with Crippen LogP contribution < -0.4 is 10.6 Å². The quantitative estimate of drug-likeness (QED) is 0.731. The van der Waals surface area contributed by atoms with E-state index in [0.29, 0.717) is 5.75 Å². The zero-order valence-corrected chi connectivity index (χ0v) is 10.9. The Morgan fingerprint density at radius 2 is 2.12 bits per heavy atom. The van der Waals surface area contributed by atoms with Crippen LogP contribution >= 0.6 is 0 Å². The summed E-state index contributed by atoms with van der Waals surface area (Å²) in [5.74, 6) is 0.986. The maximum Gasteiger partial charge on any atom is 0.223 e. The maximum absolute atomic E-state index is 11.8. The third kappa shape index (κ3) is 5.07. The Morgan fingerprint density at radius 3 is 2.69 bits per heavy atom. The van der Waals surface area contributed by atoms with Crippen LogP contribution in [-0.4, -0.2) is 41.3 Å². The molecule has 1 fully saturated rings. The number of carbonyl (C=O) groups is 1. The highest BCUT2D eigenvalue weighted by Gasteiger charge is 2.21. The van der Waals surface area contributed by atoms with Crippen molar-refractivity contribution in [3.8, 4) is 0 Å². The summed E-state index contributed by atoms with van der Waals surface area (Å²) in [5, 5.41) is 6.25. The molecule has 2 atom stereocenters. The van der Waals surface area contributed by atoms with Crippen LogP contribution in [0, 0.1) is 5.92 Å². The fraction of sp³-hybridized carbons (Fsp3) is 0.909. The summed E-state index contributed by atoms with van der Waals surface area (Å²) in [6, 6.07) is 0.131. The van der Waals surface area contributed by atoms with Crippen LogP contribution in [-0.2, 0) is 15.6 Å². The van der Waals surface area contributed by atoms with Gasteiger partial charge in [0.1, 0.15) is 0 Å². The second-order valence-electron chi connectivity index (χ2n) is 4.50. The molecule has 0 aromatic carbocycles. The van der Waals surface area contributed by atoms with E-state index in [2.05, 4.69) is 10.6 Å². The molecule has 2 unspecified atom stereocenters. The van der Waals surface area contributed by atoms with Gasteiger partial charge in [-0.2, -0.15) is 0 Å². The van der Waals surface area contributed by atoms with Gasteiger partial charge in [0.25, 0.3) is 0 Å². The highest BCUT2D eigenvalue weighted by Crippen LogP contribution is 2.11. The van der Waals surface area contributed by atoms with Gasteiger partial charge in [-0.25, -0.2) is 0 Å². The van der Waals surface area contributed by atoms with Crippen LogP contribution in [0.4, 0.5) is 0 Å². The molecule has 0 bridgehead atoms. The first-order chi connectivity index (χ1) is 7.59. The van der Waals surface area contributed by atoms with Crippen LogP contribution in [0.25, 0.3) is 0 Å². The SMILES string of the molecule is CC(CCS(C)=O)NC(=O)C1CCNCC1. The van der Waals surface area contributed by atoms with E-state index in [0.717, 1.165) is 32.4 Å². The van der Waals surface area contributed by atoms with Crippen molar-refractivity contribution in [1.29, 1.82) is 0 Å². The molecule has 0 aromatic rings. The Morgan fingerprint density at radius 1 is 1.50 bits per heavy atom. The topological polar surface area (TPSA) is 58.2 Å². The lowest BCUT2D eigenvalue weighted by molar-refractivity contribution is -0.126. The monoisotopic (exact) mass is 246 g/mol. The molecule has 5 heteroatoms. The summed E-state index contributed by atoms with van der Waals surface area (Å²) in [6.07, 6.45) is 4.34. The first-order valence-corrected chi connectivity index (χ1v) is 7.63. The van der Waals surface area contributed by atoms with Gasteiger partial charge in [0.05, 0.1) is 0 Å². The maximum atomic E-state index is 11.8. The molecular formula is C11H22N2O2S. The van der Waals surface area contributed by atoms with Crippen molar-refractivity contribution >= 4 is 16.7 Å². The number of carbonyl (C=O) groups excluding carboxylic acids is 1. The van der Waals surface area contributed by atoms with Crippen molar-refractivity contribution < 1.29 is 9.00 Å². The fourth-order valence-electron chi connectivity index (χ4n) is 1.86. The number of hydrogen-bond acceptors (Lipinski definition) is 3. The van der Waals surface area contributed by atoms with Gasteiger partial charge in [0.2, 0.25) is 5.91 Å². The zero-order chi connectivity index (χ0) is 12.0. The normalized spacial score (nSPS) is 21.4. The van der Waals surface area contributed by atoms with Crippen molar-refractivity contribution in [3.05, 3.63) is 0 Å². The van der Waals surface area contributed by atoms with Crippen molar-refractivity contribution in [2.24, 2.45) is 5.92 Å². The number of rotatable bonds is 5. The minimum Gasteiger partial charge on any atom is -0.353 e. The average Bonchev–Trinajstić information content (AvgIpc) is 2.27. The van der Waals surface area contributed by atoms with Crippen LogP contribution in [0.5, 0.6) is 0 Å². The van der Waals surface area contributed by atoms with Gasteiger partial charge in [0, 0.05) is 34.8 Å². The third-order valence-corrected chi connectivity index (χ3v) is 3.75. The molecule has 94 valence electrons. The van der Waals surface area contributed by atoms with E-state index in [1.165, 1.54) is 0 Å². The first-order valence-electron chi connectivity index (χ1n) is 5.90. The van der Waals surface area contributed by atoms with E-state index in [4.69, 9.17) is 0 Å². The molecule has 1 saturated heterocycles. The molecule has 0 aromatic heterocycles. The van der Waals surface area contributed by atoms with Crippen LogP contribution in [0.1, 0.15) is 26.2 Å². The average molecular weight is 246 g/mol. The lowest BCUT2D eigenvalue weighted by Crippen LogP contribution is -2.42. The summed E-state index contributed by atoms with van der Waals surface area (Å²) >= 11 is 0. The lowest BCUT2D eigenvalue weighted by Gasteiger charge is -2.23. The molecule has 1 aliphatic rings. The van der Waals surface area contributed by atoms with E-state index < -0.39 is 10.8 Å². The Bertz CT molecular complexity index is 252. The number of nitrogens with one attached hydrogen (secondary N) is 2. The van der Waals surface area contributed by atoms with Crippen LogP contribution in [0.2, 0.25) is 0 Å². The van der Waals surface area contributed by atoms with E-state index >= 15 is 0 Å². The third-order valence-electron chi connectivity index (χ3n) is 2.94. The molecule has 0 saturated carbocycles. The summed E-state index contributed by atoms with van der Waals surface area (Å²) in [7, 11) is -0.767. The molecule has 2 N–H and O–H groups in total. The Kier molecular flexibility index (Phi) is 5.98. The molecule has 1 amide bonds. The molecule has 16 heavy (non-hydrogen) atoms. The van der Waals surface area contributed by atoms with Crippen molar-refractivity contribution in [3.63, 3.8) is 0 Å². The highest BCUT2D eigenvalue weighted by atomic mass is 32.2. The first kappa shape index (κ1) is 13.6. The molecule has 1 heterocycles. The second-order valence-corrected chi connectivity index (χ2v) is 6.05. The van der Waals surface area contributed by atoms with Crippen molar-refractivity contribution in [2.75, 3.05) is 25.1 Å². The standard InChI is InChI=1S/C11H22N2O2S/c1-9(5-8-16(2)15)13-11(14)10-3-6-12-7-4-10/h9-10,12H,3-8H2,1-2H3,(H,13,14). The Balaban J connectivity index is 2.23. The van der Waals surface area contributed by atoms with Crippen molar-refractivity contribution in [2.45, 2.75) is 32.2 Å². The number of piperidine rings is 1. The minimum atomic E-state index is -0.767. The molecule has 0 aliphatic carbocycles. The minimum absolute atomic E-state index is 0.131. The molecular weight excluding hydrogens is 224 g/mol. The van der Waals surface area contributed by atoms with E-state index in [-0.39, 0.29) is 17.9 Å². The number of amides is 1. The fourth-order valence-corrected chi connectivity index (χ4v) is 2.55. The molecule has 0 spiro atoms. The van der Waals surface area contributed by atoms with Gasteiger partial charge in [0.15, 0.2) is 0 Å².